The third-order valence-corrected chi connectivity index (χ3v) is 5.39. The summed E-state index contributed by atoms with van der Waals surface area (Å²) in [5.41, 5.74) is 0.561. The van der Waals surface area contributed by atoms with Gasteiger partial charge in [0.2, 0.25) is 10.0 Å². The number of nitrogens with one attached hydrogen (secondary N) is 1. The fourth-order valence-electron chi connectivity index (χ4n) is 2.13. The fourth-order valence-corrected chi connectivity index (χ4v) is 3.21. The number of nitrogens with zero attached hydrogens (tertiary/aromatic N) is 1. The first kappa shape index (κ1) is 20.4. The number of benzene rings is 2. The Morgan fingerprint density at radius 1 is 1.07 bits per heavy atom. The molecule has 0 aliphatic carbocycles. The molecule has 0 radical (unpaired) electrons. The SMILES string of the molecule is COc1ccc(C(=O)OCC(=O)Nc2ccccc2)cc1S(=O)(=O)N(C)C. The van der Waals surface area contributed by atoms with E-state index in [0.717, 1.165) is 10.4 Å². The average molecular weight is 392 g/mol. The number of sulfonamides is 1. The minimum absolute atomic E-state index is 0.0104. The Labute approximate surface area is 157 Å². The van der Waals surface area contributed by atoms with E-state index in [1.165, 1.54) is 33.3 Å². The molecule has 0 unspecified atom stereocenters. The summed E-state index contributed by atoms with van der Waals surface area (Å²) in [7, 11) is 0.240. The zero-order chi connectivity index (χ0) is 20.0. The molecule has 0 aromatic heterocycles. The third kappa shape index (κ3) is 5.05. The molecule has 0 atom stereocenters. The van der Waals surface area contributed by atoms with Crippen LogP contribution in [0.15, 0.2) is 53.4 Å². The van der Waals surface area contributed by atoms with Gasteiger partial charge in [0.25, 0.3) is 5.91 Å². The molecule has 0 saturated heterocycles. The first-order valence-corrected chi connectivity index (χ1v) is 9.32. The van der Waals surface area contributed by atoms with Gasteiger partial charge in [-0.15, -0.1) is 0 Å². The van der Waals surface area contributed by atoms with Crippen molar-refractivity contribution in [2.45, 2.75) is 4.90 Å². The molecule has 144 valence electrons. The lowest BCUT2D eigenvalue weighted by atomic mass is 10.2. The van der Waals surface area contributed by atoms with Crippen LogP contribution in [0.2, 0.25) is 0 Å². The second-order valence-electron chi connectivity index (χ2n) is 5.64. The summed E-state index contributed by atoms with van der Waals surface area (Å²) in [6.07, 6.45) is 0. The highest BCUT2D eigenvalue weighted by atomic mass is 32.2. The topological polar surface area (TPSA) is 102 Å². The quantitative estimate of drug-likeness (QED) is 0.720. The maximum Gasteiger partial charge on any atom is 0.338 e. The highest BCUT2D eigenvalue weighted by molar-refractivity contribution is 7.89. The van der Waals surface area contributed by atoms with Crippen LogP contribution in [-0.2, 0) is 19.6 Å². The number of rotatable bonds is 7. The van der Waals surface area contributed by atoms with Gasteiger partial charge in [0.05, 0.1) is 12.7 Å². The average Bonchev–Trinajstić information content (AvgIpc) is 2.66. The van der Waals surface area contributed by atoms with Crippen molar-refractivity contribution in [3.63, 3.8) is 0 Å². The molecule has 0 aliphatic rings. The van der Waals surface area contributed by atoms with Crippen LogP contribution in [0, 0.1) is 0 Å². The van der Waals surface area contributed by atoms with Crippen LogP contribution < -0.4 is 10.1 Å². The molecule has 0 bridgehead atoms. The first-order chi connectivity index (χ1) is 12.8. The van der Waals surface area contributed by atoms with E-state index in [1.54, 1.807) is 30.3 Å². The normalized spacial score (nSPS) is 11.1. The summed E-state index contributed by atoms with van der Waals surface area (Å²) in [6.45, 7) is -0.504. The van der Waals surface area contributed by atoms with Crippen molar-refractivity contribution in [1.82, 2.24) is 4.31 Å². The lowest BCUT2D eigenvalue weighted by Crippen LogP contribution is -2.24. The Morgan fingerprint density at radius 3 is 2.33 bits per heavy atom. The fraction of sp³-hybridized carbons (Fsp3) is 0.222. The number of ether oxygens (including phenoxy) is 2. The molecule has 0 spiro atoms. The van der Waals surface area contributed by atoms with Gasteiger partial charge in [0, 0.05) is 19.8 Å². The number of esters is 1. The van der Waals surface area contributed by atoms with E-state index in [-0.39, 0.29) is 16.2 Å². The second kappa shape index (κ2) is 8.65. The number of anilines is 1. The molecule has 0 fully saturated rings. The number of carbonyl (C=O) groups is 2. The van der Waals surface area contributed by atoms with Crippen LogP contribution in [0.25, 0.3) is 0 Å². The Morgan fingerprint density at radius 2 is 1.74 bits per heavy atom. The highest BCUT2D eigenvalue weighted by Gasteiger charge is 2.24. The van der Waals surface area contributed by atoms with Crippen molar-refractivity contribution in [3.8, 4) is 5.75 Å². The van der Waals surface area contributed by atoms with Gasteiger partial charge >= 0.3 is 5.97 Å². The van der Waals surface area contributed by atoms with Gasteiger partial charge < -0.3 is 14.8 Å². The van der Waals surface area contributed by atoms with E-state index >= 15 is 0 Å². The van der Waals surface area contributed by atoms with E-state index in [1.807, 2.05) is 0 Å². The molecule has 0 saturated carbocycles. The molecule has 9 heteroatoms. The zero-order valence-electron chi connectivity index (χ0n) is 15.1. The minimum atomic E-state index is -3.83. The van der Waals surface area contributed by atoms with Crippen molar-refractivity contribution in [2.24, 2.45) is 0 Å². The summed E-state index contributed by atoms with van der Waals surface area (Å²) < 4.78 is 35.8. The molecular formula is C18H20N2O6S. The van der Waals surface area contributed by atoms with Crippen LogP contribution >= 0.6 is 0 Å². The number of methoxy groups -OCH3 is 1. The van der Waals surface area contributed by atoms with Gasteiger partial charge in [-0.1, -0.05) is 18.2 Å². The Balaban J connectivity index is 2.11. The van der Waals surface area contributed by atoms with E-state index < -0.39 is 28.5 Å². The minimum Gasteiger partial charge on any atom is -0.495 e. The molecule has 0 heterocycles. The van der Waals surface area contributed by atoms with Crippen LogP contribution in [0.4, 0.5) is 5.69 Å². The van der Waals surface area contributed by atoms with E-state index in [9.17, 15) is 18.0 Å². The summed E-state index contributed by atoms with van der Waals surface area (Å²) >= 11 is 0. The maximum absolute atomic E-state index is 12.4. The van der Waals surface area contributed by atoms with Gasteiger partial charge in [0.15, 0.2) is 6.61 Å². The summed E-state index contributed by atoms with van der Waals surface area (Å²) in [4.78, 5) is 23.9. The number of hydrogen-bond acceptors (Lipinski definition) is 6. The lowest BCUT2D eigenvalue weighted by molar-refractivity contribution is -0.119. The van der Waals surface area contributed by atoms with Gasteiger partial charge in [-0.2, -0.15) is 0 Å². The van der Waals surface area contributed by atoms with E-state index in [2.05, 4.69) is 5.32 Å². The van der Waals surface area contributed by atoms with Crippen molar-refractivity contribution in [2.75, 3.05) is 33.1 Å². The summed E-state index contributed by atoms with van der Waals surface area (Å²) in [6, 6.07) is 12.6. The lowest BCUT2D eigenvalue weighted by Gasteiger charge is -2.15. The molecule has 0 aliphatic heterocycles. The molecule has 2 aromatic carbocycles. The van der Waals surface area contributed by atoms with Crippen molar-refractivity contribution in [3.05, 3.63) is 54.1 Å². The van der Waals surface area contributed by atoms with Gasteiger partial charge in [-0.25, -0.2) is 17.5 Å². The number of amides is 1. The monoisotopic (exact) mass is 392 g/mol. The molecule has 2 aromatic rings. The number of hydrogen-bond donors (Lipinski definition) is 1. The third-order valence-electron chi connectivity index (χ3n) is 3.55. The zero-order valence-corrected chi connectivity index (χ0v) is 15.9. The van der Waals surface area contributed by atoms with Crippen LogP contribution in [0.3, 0.4) is 0 Å². The standard InChI is InChI=1S/C18H20N2O6S/c1-20(2)27(23,24)16-11-13(9-10-15(16)25-3)18(22)26-12-17(21)19-14-7-5-4-6-8-14/h4-11H,12H2,1-3H3,(H,19,21). The molecule has 27 heavy (non-hydrogen) atoms. The predicted molar refractivity (Wildman–Crippen MR) is 99.2 cm³/mol. The van der Waals surface area contributed by atoms with Crippen LogP contribution in [0.1, 0.15) is 10.4 Å². The maximum atomic E-state index is 12.4. The van der Waals surface area contributed by atoms with Crippen molar-refractivity contribution in [1.29, 1.82) is 0 Å². The molecule has 2 rings (SSSR count). The molecule has 1 N–H and O–H groups in total. The Kier molecular flexibility index (Phi) is 6.54. The smallest absolute Gasteiger partial charge is 0.338 e. The molecule has 1 amide bonds. The van der Waals surface area contributed by atoms with Gasteiger partial charge in [0.1, 0.15) is 10.6 Å². The van der Waals surface area contributed by atoms with Crippen molar-refractivity contribution >= 4 is 27.6 Å². The molecule has 8 nitrogen and oxygen atoms in total. The Hall–Kier alpha value is -2.91. The van der Waals surface area contributed by atoms with Gasteiger partial charge in [-0.05, 0) is 30.3 Å². The van der Waals surface area contributed by atoms with Crippen molar-refractivity contribution < 1.29 is 27.5 Å². The van der Waals surface area contributed by atoms with Crippen LogP contribution in [0.5, 0.6) is 5.75 Å². The van der Waals surface area contributed by atoms with Crippen LogP contribution in [-0.4, -0.2) is 52.4 Å². The highest BCUT2D eigenvalue weighted by Crippen LogP contribution is 2.27. The predicted octanol–water partition coefficient (Wildman–Crippen LogP) is 1.74. The largest absolute Gasteiger partial charge is 0.495 e. The van der Waals surface area contributed by atoms with E-state index in [0.29, 0.717) is 5.69 Å². The van der Waals surface area contributed by atoms with Gasteiger partial charge in [-0.3, -0.25) is 4.79 Å². The molecular weight excluding hydrogens is 372 g/mol. The summed E-state index contributed by atoms with van der Waals surface area (Å²) in [5, 5.41) is 2.58. The second-order valence-corrected chi connectivity index (χ2v) is 7.76. The summed E-state index contributed by atoms with van der Waals surface area (Å²) in [5.74, 6) is -1.23. The Bertz CT molecular complexity index is 926. The number of para-hydroxylation sites is 1. The first-order valence-electron chi connectivity index (χ1n) is 7.88. The van der Waals surface area contributed by atoms with E-state index in [4.69, 9.17) is 9.47 Å². The number of carbonyl (C=O) groups excluding carboxylic acids is 2.